The molecule has 2 N–H and O–H groups in total. The Morgan fingerprint density at radius 1 is 1.32 bits per heavy atom. The normalized spacial score (nSPS) is 9.63. The first kappa shape index (κ1) is 15.2. The Hall–Kier alpha value is -1.82. The number of hydrogen-bond acceptors (Lipinski definition) is 4. The molecule has 1 amide bonds. The van der Waals surface area contributed by atoms with Gasteiger partial charge in [-0.15, -0.1) is 0 Å². The molecule has 0 aliphatic rings. The summed E-state index contributed by atoms with van der Waals surface area (Å²) in [6.07, 6.45) is 1.22. The average molecular weight is 282 g/mol. The minimum Gasteiger partial charge on any atom is -0.497 e. The first-order valence-electron chi connectivity index (χ1n) is 5.93. The van der Waals surface area contributed by atoms with Crippen molar-refractivity contribution in [2.24, 2.45) is 0 Å². The van der Waals surface area contributed by atoms with Crippen LogP contribution >= 0.6 is 12.2 Å². The summed E-state index contributed by atoms with van der Waals surface area (Å²) in [6, 6.07) is 5.29. The highest BCUT2D eigenvalue weighted by atomic mass is 32.1. The fraction of sp³-hybridized carbons (Fsp3) is 0.385. The van der Waals surface area contributed by atoms with E-state index in [1.165, 1.54) is 0 Å². The van der Waals surface area contributed by atoms with E-state index in [0.717, 1.165) is 6.42 Å². The molecule has 0 aliphatic carbocycles. The van der Waals surface area contributed by atoms with Crippen LogP contribution in [0.4, 0.5) is 5.69 Å². The molecule has 0 aliphatic heterocycles. The van der Waals surface area contributed by atoms with Gasteiger partial charge in [0, 0.05) is 12.5 Å². The third kappa shape index (κ3) is 4.75. The van der Waals surface area contributed by atoms with Gasteiger partial charge in [-0.1, -0.05) is 6.92 Å². The molecular formula is C13H18N2O3S. The summed E-state index contributed by atoms with van der Waals surface area (Å²) in [5.41, 5.74) is 0.642. The number of anilines is 1. The van der Waals surface area contributed by atoms with E-state index in [2.05, 4.69) is 10.6 Å². The molecule has 104 valence electrons. The van der Waals surface area contributed by atoms with Gasteiger partial charge < -0.3 is 20.1 Å². The Kier molecular flexibility index (Phi) is 6.08. The molecule has 0 fully saturated rings. The minimum atomic E-state index is -0.109. The van der Waals surface area contributed by atoms with Crippen molar-refractivity contribution in [2.75, 3.05) is 19.5 Å². The number of ether oxygens (including phenoxy) is 2. The van der Waals surface area contributed by atoms with Gasteiger partial charge in [0.1, 0.15) is 11.5 Å². The van der Waals surface area contributed by atoms with Gasteiger partial charge in [-0.3, -0.25) is 4.79 Å². The van der Waals surface area contributed by atoms with Crippen molar-refractivity contribution < 1.29 is 14.3 Å². The van der Waals surface area contributed by atoms with Crippen molar-refractivity contribution in [3.05, 3.63) is 18.2 Å². The van der Waals surface area contributed by atoms with E-state index in [1.54, 1.807) is 32.4 Å². The molecule has 1 rings (SSSR count). The summed E-state index contributed by atoms with van der Waals surface area (Å²) in [5, 5.41) is 5.76. The zero-order valence-corrected chi connectivity index (χ0v) is 12.1. The van der Waals surface area contributed by atoms with E-state index >= 15 is 0 Å². The Morgan fingerprint density at radius 3 is 2.63 bits per heavy atom. The maximum Gasteiger partial charge on any atom is 0.226 e. The Bertz CT molecular complexity index is 463. The highest BCUT2D eigenvalue weighted by Gasteiger charge is 2.08. The topological polar surface area (TPSA) is 59.6 Å². The standard InChI is InChI=1S/C13H18N2O3S/c1-4-5-12(16)15-13(19)14-10-8-9(17-2)6-7-11(10)18-3/h6-8H,4-5H2,1-3H3,(H2,14,15,16,19). The van der Waals surface area contributed by atoms with Gasteiger partial charge in [-0.25, -0.2) is 0 Å². The summed E-state index contributed by atoms with van der Waals surface area (Å²) >= 11 is 5.07. The van der Waals surface area contributed by atoms with Gasteiger partial charge in [-0.2, -0.15) is 0 Å². The van der Waals surface area contributed by atoms with E-state index in [4.69, 9.17) is 21.7 Å². The lowest BCUT2D eigenvalue weighted by atomic mass is 10.2. The van der Waals surface area contributed by atoms with Crippen LogP contribution in [-0.2, 0) is 4.79 Å². The van der Waals surface area contributed by atoms with Crippen molar-refractivity contribution in [2.45, 2.75) is 19.8 Å². The first-order chi connectivity index (χ1) is 9.10. The molecule has 1 aromatic carbocycles. The lowest BCUT2D eigenvalue weighted by Crippen LogP contribution is -2.33. The van der Waals surface area contributed by atoms with Crippen molar-refractivity contribution in [1.29, 1.82) is 0 Å². The number of hydrogen-bond donors (Lipinski definition) is 2. The molecule has 0 atom stereocenters. The highest BCUT2D eigenvalue weighted by molar-refractivity contribution is 7.80. The van der Waals surface area contributed by atoms with Crippen LogP contribution in [0.15, 0.2) is 18.2 Å². The Morgan fingerprint density at radius 2 is 2.05 bits per heavy atom. The minimum absolute atomic E-state index is 0.109. The SMILES string of the molecule is CCCC(=O)NC(=S)Nc1cc(OC)ccc1OC. The van der Waals surface area contributed by atoms with Crippen LogP contribution in [0, 0.1) is 0 Å². The van der Waals surface area contributed by atoms with Crippen LogP contribution in [0.25, 0.3) is 0 Å². The predicted molar refractivity (Wildman–Crippen MR) is 78.8 cm³/mol. The van der Waals surface area contributed by atoms with Gasteiger partial charge in [0.05, 0.1) is 19.9 Å². The first-order valence-corrected chi connectivity index (χ1v) is 6.34. The molecule has 0 spiro atoms. The van der Waals surface area contributed by atoms with Crippen LogP contribution in [0.1, 0.15) is 19.8 Å². The number of benzene rings is 1. The molecule has 19 heavy (non-hydrogen) atoms. The summed E-state index contributed by atoms with van der Waals surface area (Å²) in [4.78, 5) is 11.4. The maximum absolute atomic E-state index is 11.4. The van der Waals surface area contributed by atoms with Crippen LogP contribution < -0.4 is 20.1 Å². The third-order valence-corrected chi connectivity index (χ3v) is 2.59. The number of thiocarbonyl (C=S) groups is 1. The smallest absolute Gasteiger partial charge is 0.226 e. The average Bonchev–Trinajstić information content (AvgIpc) is 2.38. The highest BCUT2D eigenvalue weighted by Crippen LogP contribution is 2.28. The fourth-order valence-electron chi connectivity index (χ4n) is 1.48. The molecule has 0 unspecified atom stereocenters. The molecule has 6 heteroatoms. The third-order valence-electron chi connectivity index (χ3n) is 2.38. The van der Waals surface area contributed by atoms with Crippen molar-refractivity contribution in [3.8, 4) is 11.5 Å². The number of amides is 1. The van der Waals surface area contributed by atoms with Crippen molar-refractivity contribution >= 4 is 28.9 Å². The lowest BCUT2D eigenvalue weighted by molar-refractivity contribution is -0.119. The van der Waals surface area contributed by atoms with E-state index in [1.807, 2.05) is 6.92 Å². The van der Waals surface area contributed by atoms with Crippen LogP contribution in [0.3, 0.4) is 0 Å². The van der Waals surface area contributed by atoms with Crippen molar-refractivity contribution in [1.82, 2.24) is 5.32 Å². The second-order valence-electron chi connectivity index (χ2n) is 3.82. The molecule has 1 aromatic rings. The molecule has 0 saturated heterocycles. The largest absolute Gasteiger partial charge is 0.497 e. The second kappa shape index (κ2) is 7.58. The maximum atomic E-state index is 11.4. The van der Waals surface area contributed by atoms with Gasteiger partial charge in [0.2, 0.25) is 5.91 Å². The summed E-state index contributed by atoms with van der Waals surface area (Å²) in [7, 11) is 3.14. The predicted octanol–water partition coefficient (Wildman–Crippen LogP) is 2.32. The number of methoxy groups -OCH3 is 2. The second-order valence-corrected chi connectivity index (χ2v) is 4.23. The van der Waals surface area contributed by atoms with Gasteiger partial charge in [0.15, 0.2) is 5.11 Å². The van der Waals surface area contributed by atoms with E-state index in [-0.39, 0.29) is 11.0 Å². The van der Waals surface area contributed by atoms with Gasteiger partial charge in [0.25, 0.3) is 0 Å². The van der Waals surface area contributed by atoms with E-state index in [9.17, 15) is 4.79 Å². The molecule has 0 heterocycles. The monoisotopic (exact) mass is 282 g/mol. The van der Waals surface area contributed by atoms with Crippen LogP contribution in [0.2, 0.25) is 0 Å². The van der Waals surface area contributed by atoms with Gasteiger partial charge >= 0.3 is 0 Å². The van der Waals surface area contributed by atoms with E-state index < -0.39 is 0 Å². The number of carbonyl (C=O) groups is 1. The number of nitrogens with one attached hydrogen (secondary N) is 2. The molecule has 0 aromatic heterocycles. The van der Waals surface area contributed by atoms with Crippen molar-refractivity contribution in [3.63, 3.8) is 0 Å². The zero-order valence-electron chi connectivity index (χ0n) is 11.3. The molecule has 0 saturated carbocycles. The zero-order chi connectivity index (χ0) is 14.3. The number of carbonyl (C=O) groups excluding carboxylic acids is 1. The van der Waals surface area contributed by atoms with Gasteiger partial charge in [-0.05, 0) is 30.8 Å². The Labute approximate surface area is 118 Å². The molecule has 5 nitrogen and oxygen atoms in total. The molecule has 0 radical (unpaired) electrons. The van der Waals surface area contributed by atoms with Crippen LogP contribution in [0.5, 0.6) is 11.5 Å². The van der Waals surface area contributed by atoms with E-state index in [0.29, 0.717) is 23.6 Å². The van der Waals surface area contributed by atoms with Crippen LogP contribution in [-0.4, -0.2) is 25.2 Å². The summed E-state index contributed by atoms with van der Waals surface area (Å²) in [5.74, 6) is 1.18. The summed E-state index contributed by atoms with van der Waals surface area (Å²) in [6.45, 7) is 1.93. The molecule has 0 bridgehead atoms. The summed E-state index contributed by atoms with van der Waals surface area (Å²) < 4.78 is 10.3. The molecular weight excluding hydrogens is 264 g/mol. The lowest BCUT2D eigenvalue weighted by Gasteiger charge is -2.13. The number of rotatable bonds is 5. The quantitative estimate of drug-likeness (QED) is 0.812. The fourth-order valence-corrected chi connectivity index (χ4v) is 1.71. The Balaban J connectivity index is 2.74.